The van der Waals surface area contributed by atoms with Crippen molar-refractivity contribution in [2.45, 2.75) is 43.9 Å². The standard InChI is InChI=1S/C21H23N3O2/c25-19-12-18(23-20(24-19)17-4-2-1-3-5-17)21(26)22-13-14-6-8-15(9-7-14)16-10-11-16/h1-9,16,18,20,23H,10-13H2,(H,22,26)(H,24,25). The van der Waals surface area contributed by atoms with Crippen LogP contribution in [-0.4, -0.2) is 17.9 Å². The molecule has 1 aliphatic heterocycles. The van der Waals surface area contributed by atoms with Crippen LogP contribution in [0.1, 0.15) is 48.0 Å². The van der Waals surface area contributed by atoms with Crippen LogP contribution in [0.5, 0.6) is 0 Å². The van der Waals surface area contributed by atoms with E-state index in [0.29, 0.717) is 6.54 Å². The van der Waals surface area contributed by atoms with Crippen molar-refractivity contribution in [3.63, 3.8) is 0 Å². The van der Waals surface area contributed by atoms with Gasteiger partial charge in [0.05, 0.1) is 12.5 Å². The molecule has 2 unspecified atom stereocenters. The lowest BCUT2D eigenvalue weighted by molar-refractivity contribution is -0.132. The van der Waals surface area contributed by atoms with E-state index in [1.54, 1.807) is 0 Å². The molecule has 2 aromatic carbocycles. The summed E-state index contributed by atoms with van der Waals surface area (Å²) in [5.41, 5.74) is 3.40. The summed E-state index contributed by atoms with van der Waals surface area (Å²) in [6.07, 6.45) is 2.38. The van der Waals surface area contributed by atoms with Gasteiger partial charge < -0.3 is 10.6 Å². The normalized spacial score (nSPS) is 22.5. The zero-order chi connectivity index (χ0) is 17.9. The molecule has 134 valence electrons. The summed E-state index contributed by atoms with van der Waals surface area (Å²) >= 11 is 0. The lowest BCUT2D eigenvalue weighted by Gasteiger charge is -2.31. The lowest BCUT2D eigenvalue weighted by Crippen LogP contribution is -2.56. The average molecular weight is 349 g/mol. The first kappa shape index (κ1) is 16.8. The van der Waals surface area contributed by atoms with Crippen LogP contribution in [0.4, 0.5) is 0 Å². The van der Waals surface area contributed by atoms with E-state index < -0.39 is 6.04 Å². The summed E-state index contributed by atoms with van der Waals surface area (Å²) in [5.74, 6) is 0.470. The number of hydrogen-bond acceptors (Lipinski definition) is 3. The minimum atomic E-state index is -0.528. The highest BCUT2D eigenvalue weighted by molar-refractivity contribution is 5.89. The van der Waals surface area contributed by atoms with Crippen LogP contribution in [0.3, 0.4) is 0 Å². The second-order valence-corrected chi connectivity index (χ2v) is 7.07. The topological polar surface area (TPSA) is 70.2 Å². The van der Waals surface area contributed by atoms with Crippen LogP contribution < -0.4 is 16.0 Å². The Morgan fingerprint density at radius 3 is 2.42 bits per heavy atom. The summed E-state index contributed by atoms with van der Waals surface area (Å²) in [6.45, 7) is 0.472. The van der Waals surface area contributed by atoms with E-state index in [1.807, 2.05) is 30.3 Å². The van der Waals surface area contributed by atoms with Gasteiger partial charge in [-0.15, -0.1) is 0 Å². The van der Waals surface area contributed by atoms with Crippen LogP contribution in [0, 0.1) is 0 Å². The number of carbonyl (C=O) groups is 2. The number of rotatable bonds is 5. The summed E-state index contributed by atoms with van der Waals surface area (Å²) in [4.78, 5) is 24.5. The Morgan fingerprint density at radius 2 is 1.73 bits per heavy atom. The van der Waals surface area contributed by atoms with E-state index in [9.17, 15) is 9.59 Å². The molecular weight excluding hydrogens is 326 g/mol. The number of hydrogen-bond donors (Lipinski definition) is 3. The molecule has 1 heterocycles. The van der Waals surface area contributed by atoms with E-state index in [0.717, 1.165) is 17.0 Å². The third-order valence-electron chi connectivity index (χ3n) is 5.01. The van der Waals surface area contributed by atoms with Gasteiger partial charge in [0.2, 0.25) is 11.8 Å². The summed E-state index contributed by atoms with van der Waals surface area (Å²) < 4.78 is 0. The fourth-order valence-electron chi connectivity index (χ4n) is 3.34. The largest absolute Gasteiger partial charge is 0.351 e. The third-order valence-corrected chi connectivity index (χ3v) is 5.01. The smallest absolute Gasteiger partial charge is 0.238 e. The number of benzene rings is 2. The molecule has 0 radical (unpaired) electrons. The van der Waals surface area contributed by atoms with Gasteiger partial charge in [-0.1, -0.05) is 54.6 Å². The molecule has 1 aliphatic carbocycles. The maximum absolute atomic E-state index is 12.5. The second kappa shape index (κ2) is 7.30. The Balaban J connectivity index is 1.35. The predicted octanol–water partition coefficient (Wildman–Crippen LogP) is 2.36. The van der Waals surface area contributed by atoms with Crippen LogP contribution >= 0.6 is 0 Å². The molecule has 2 amide bonds. The molecule has 5 nitrogen and oxygen atoms in total. The number of amides is 2. The zero-order valence-electron chi connectivity index (χ0n) is 14.6. The maximum Gasteiger partial charge on any atom is 0.238 e. The second-order valence-electron chi connectivity index (χ2n) is 7.07. The lowest BCUT2D eigenvalue weighted by atomic mass is 10.0. The van der Waals surface area contributed by atoms with E-state index >= 15 is 0 Å². The Morgan fingerprint density at radius 1 is 1.00 bits per heavy atom. The molecule has 0 aromatic heterocycles. The molecule has 0 bridgehead atoms. The predicted molar refractivity (Wildman–Crippen MR) is 99.1 cm³/mol. The van der Waals surface area contributed by atoms with Crippen LogP contribution in [0.25, 0.3) is 0 Å². The van der Waals surface area contributed by atoms with E-state index in [2.05, 4.69) is 40.2 Å². The molecule has 1 saturated heterocycles. The molecule has 2 aromatic rings. The highest BCUT2D eigenvalue weighted by Crippen LogP contribution is 2.39. The van der Waals surface area contributed by atoms with Crippen molar-refractivity contribution >= 4 is 11.8 Å². The SMILES string of the molecule is O=C1CC(C(=O)NCc2ccc(C3CC3)cc2)NC(c2ccccc2)N1. The van der Waals surface area contributed by atoms with E-state index in [-0.39, 0.29) is 24.4 Å². The van der Waals surface area contributed by atoms with Crippen molar-refractivity contribution in [1.82, 2.24) is 16.0 Å². The summed E-state index contributed by atoms with van der Waals surface area (Å²) in [7, 11) is 0. The fraction of sp³-hybridized carbons (Fsp3) is 0.333. The van der Waals surface area contributed by atoms with Gasteiger partial charge in [-0.3, -0.25) is 14.9 Å². The molecular formula is C21H23N3O2. The molecule has 2 fully saturated rings. The van der Waals surface area contributed by atoms with Crippen molar-refractivity contribution < 1.29 is 9.59 Å². The molecule has 2 aliphatic rings. The van der Waals surface area contributed by atoms with Crippen molar-refractivity contribution in [3.8, 4) is 0 Å². The van der Waals surface area contributed by atoms with Gasteiger partial charge in [0, 0.05) is 6.54 Å². The molecule has 4 rings (SSSR count). The Labute approximate surface area is 153 Å². The first-order valence-electron chi connectivity index (χ1n) is 9.16. The van der Waals surface area contributed by atoms with Gasteiger partial charge >= 0.3 is 0 Å². The third kappa shape index (κ3) is 3.94. The monoisotopic (exact) mass is 349 g/mol. The average Bonchev–Trinajstić information content (AvgIpc) is 3.52. The maximum atomic E-state index is 12.5. The first-order chi connectivity index (χ1) is 12.7. The van der Waals surface area contributed by atoms with E-state index in [1.165, 1.54) is 18.4 Å². The molecule has 5 heteroatoms. The summed E-state index contributed by atoms with van der Waals surface area (Å²) in [5, 5.41) is 9.05. The summed E-state index contributed by atoms with van der Waals surface area (Å²) in [6, 6.07) is 17.5. The quantitative estimate of drug-likeness (QED) is 0.776. The van der Waals surface area contributed by atoms with Crippen LogP contribution in [0.15, 0.2) is 54.6 Å². The number of carbonyl (C=O) groups excluding carboxylic acids is 2. The van der Waals surface area contributed by atoms with Crippen molar-refractivity contribution in [2.75, 3.05) is 0 Å². The van der Waals surface area contributed by atoms with Gasteiger partial charge in [0.25, 0.3) is 0 Å². The van der Waals surface area contributed by atoms with Gasteiger partial charge in [-0.25, -0.2) is 0 Å². The van der Waals surface area contributed by atoms with Crippen molar-refractivity contribution in [1.29, 1.82) is 0 Å². The fourth-order valence-corrected chi connectivity index (χ4v) is 3.34. The minimum Gasteiger partial charge on any atom is -0.351 e. The Hall–Kier alpha value is -2.66. The molecule has 2 atom stereocenters. The van der Waals surface area contributed by atoms with Crippen molar-refractivity contribution in [2.24, 2.45) is 0 Å². The molecule has 26 heavy (non-hydrogen) atoms. The van der Waals surface area contributed by atoms with Gasteiger partial charge in [0.15, 0.2) is 0 Å². The van der Waals surface area contributed by atoms with Crippen LogP contribution in [0.2, 0.25) is 0 Å². The Kier molecular flexibility index (Phi) is 4.71. The first-order valence-corrected chi connectivity index (χ1v) is 9.16. The van der Waals surface area contributed by atoms with Crippen molar-refractivity contribution in [3.05, 3.63) is 71.3 Å². The van der Waals surface area contributed by atoms with Gasteiger partial charge in [-0.2, -0.15) is 0 Å². The van der Waals surface area contributed by atoms with Gasteiger partial charge in [-0.05, 0) is 35.4 Å². The van der Waals surface area contributed by atoms with E-state index in [4.69, 9.17) is 0 Å². The zero-order valence-corrected chi connectivity index (χ0v) is 14.6. The Bertz CT molecular complexity index is 785. The molecule has 3 N–H and O–H groups in total. The van der Waals surface area contributed by atoms with Gasteiger partial charge in [0.1, 0.15) is 6.17 Å². The van der Waals surface area contributed by atoms with Crippen LogP contribution in [-0.2, 0) is 16.1 Å². The highest BCUT2D eigenvalue weighted by atomic mass is 16.2. The minimum absolute atomic E-state index is 0.119. The molecule has 0 spiro atoms. The molecule has 1 saturated carbocycles. The number of nitrogens with one attached hydrogen (secondary N) is 3. The highest BCUT2D eigenvalue weighted by Gasteiger charge is 2.31.